The van der Waals surface area contributed by atoms with Gasteiger partial charge in [-0.2, -0.15) is 9.78 Å². The van der Waals surface area contributed by atoms with E-state index in [1.807, 2.05) is 13.8 Å². The maximum absolute atomic E-state index is 13.3. The van der Waals surface area contributed by atoms with E-state index in [9.17, 15) is 9.18 Å². The van der Waals surface area contributed by atoms with Crippen molar-refractivity contribution in [1.29, 1.82) is 0 Å². The molecule has 0 spiro atoms. The molecule has 2 heterocycles. The molecule has 0 atom stereocenters. The first-order valence-electron chi connectivity index (χ1n) is 7.50. The first kappa shape index (κ1) is 15.6. The van der Waals surface area contributed by atoms with Crippen LogP contribution in [0.15, 0.2) is 24.3 Å². The van der Waals surface area contributed by atoms with Gasteiger partial charge in [0.25, 0.3) is 0 Å². The van der Waals surface area contributed by atoms with Crippen molar-refractivity contribution in [2.24, 2.45) is 0 Å². The number of benzene rings is 1. The van der Waals surface area contributed by atoms with Gasteiger partial charge < -0.3 is 5.32 Å². The van der Waals surface area contributed by atoms with Gasteiger partial charge >= 0.3 is 0 Å². The fourth-order valence-corrected chi connectivity index (χ4v) is 3.21. The number of rotatable bonds is 5. The summed E-state index contributed by atoms with van der Waals surface area (Å²) in [4.78, 5) is 16.4. The van der Waals surface area contributed by atoms with Crippen molar-refractivity contribution in [3.8, 4) is 5.13 Å². The molecule has 2 aromatic heterocycles. The van der Waals surface area contributed by atoms with E-state index in [1.54, 1.807) is 16.8 Å². The number of anilines is 1. The largest absolute Gasteiger partial charge is 0.311 e. The van der Waals surface area contributed by atoms with E-state index in [1.165, 1.54) is 23.5 Å². The fourth-order valence-electron chi connectivity index (χ4n) is 2.25. The molecule has 1 N–H and O–H groups in total. The molecule has 7 heteroatoms. The van der Waals surface area contributed by atoms with Crippen molar-refractivity contribution in [3.05, 3.63) is 35.8 Å². The predicted octanol–water partition coefficient (Wildman–Crippen LogP) is 4.06. The van der Waals surface area contributed by atoms with Crippen LogP contribution in [0.5, 0.6) is 0 Å². The van der Waals surface area contributed by atoms with E-state index >= 15 is 0 Å². The van der Waals surface area contributed by atoms with E-state index in [2.05, 4.69) is 15.4 Å². The van der Waals surface area contributed by atoms with E-state index in [4.69, 9.17) is 0 Å². The van der Waals surface area contributed by atoms with Crippen LogP contribution in [0.25, 0.3) is 15.3 Å². The molecule has 0 unspecified atom stereocenters. The molecule has 0 aliphatic heterocycles. The number of thiazole rings is 1. The van der Waals surface area contributed by atoms with Gasteiger partial charge in [0.05, 0.1) is 15.9 Å². The van der Waals surface area contributed by atoms with Gasteiger partial charge in [-0.3, -0.25) is 4.79 Å². The van der Waals surface area contributed by atoms with Gasteiger partial charge in [0.15, 0.2) is 0 Å². The Balaban J connectivity index is 1.93. The van der Waals surface area contributed by atoms with Crippen molar-refractivity contribution in [3.63, 3.8) is 0 Å². The van der Waals surface area contributed by atoms with Crippen LogP contribution < -0.4 is 5.32 Å². The SMILES string of the molecule is CCCCC(=O)Nc1cc(C)nn1-c1nc2ccc(F)cc2s1. The maximum Gasteiger partial charge on any atom is 0.225 e. The highest BCUT2D eigenvalue weighted by atomic mass is 32.1. The van der Waals surface area contributed by atoms with Gasteiger partial charge in [-0.25, -0.2) is 9.37 Å². The lowest BCUT2D eigenvalue weighted by molar-refractivity contribution is -0.116. The summed E-state index contributed by atoms with van der Waals surface area (Å²) < 4.78 is 15.7. The molecule has 3 rings (SSSR count). The molecule has 5 nitrogen and oxygen atoms in total. The molecule has 0 aliphatic carbocycles. The third kappa shape index (κ3) is 3.39. The minimum atomic E-state index is -0.294. The molecule has 0 radical (unpaired) electrons. The first-order valence-corrected chi connectivity index (χ1v) is 8.31. The number of hydrogen-bond acceptors (Lipinski definition) is 4. The van der Waals surface area contributed by atoms with Gasteiger partial charge in [0.2, 0.25) is 11.0 Å². The Kier molecular flexibility index (Phi) is 4.38. The third-order valence-corrected chi connectivity index (χ3v) is 4.37. The summed E-state index contributed by atoms with van der Waals surface area (Å²) in [6, 6.07) is 6.27. The summed E-state index contributed by atoms with van der Waals surface area (Å²) in [6.45, 7) is 3.90. The highest BCUT2D eigenvalue weighted by molar-refractivity contribution is 7.20. The Hall–Kier alpha value is -2.28. The highest BCUT2D eigenvalue weighted by Gasteiger charge is 2.14. The summed E-state index contributed by atoms with van der Waals surface area (Å²) in [7, 11) is 0. The van der Waals surface area contributed by atoms with E-state index in [0.717, 1.165) is 23.2 Å². The Bertz CT molecular complexity index is 855. The van der Waals surface area contributed by atoms with Gasteiger partial charge in [-0.1, -0.05) is 24.7 Å². The lowest BCUT2D eigenvalue weighted by Gasteiger charge is -2.05. The Morgan fingerprint density at radius 3 is 3.00 bits per heavy atom. The number of halogens is 1. The van der Waals surface area contributed by atoms with Crippen molar-refractivity contribution >= 4 is 33.3 Å². The molecule has 23 heavy (non-hydrogen) atoms. The quantitative estimate of drug-likeness (QED) is 0.766. The van der Waals surface area contributed by atoms with Crippen LogP contribution in [0.4, 0.5) is 10.2 Å². The molecular weight excluding hydrogens is 315 g/mol. The summed E-state index contributed by atoms with van der Waals surface area (Å²) in [5.41, 5.74) is 1.49. The van der Waals surface area contributed by atoms with Crippen LogP contribution in [0.3, 0.4) is 0 Å². The number of hydrogen-bond donors (Lipinski definition) is 1. The molecule has 3 aromatic rings. The van der Waals surface area contributed by atoms with E-state index in [-0.39, 0.29) is 11.7 Å². The molecule has 0 saturated carbocycles. The summed E-state index contributed by atoms with van der Waals surface area (Å²) in [5.74, 6) is 0.251. The minimum Gasteiger partial charge on any atom is -0.311 e. The number of carbonyl (C=O) groups excluding carboxylic acids is 1. The van der Waals surface area contributed by atoms with E-state index < -0.39 is 0 Å². The predicted molar refractivity (Wildman–Crippen MR) is 89.6 cm³/mol. The summed E-state index contributed by atoms with van der Waals surface area (Å²) in [6.07, 6.45) is 2.29. The lowest BCUT2D eigenvalue weighted by Crippen LogP contribution is -2.14. The number of unbranched alkanes of at least 4 members (excludes halogenated alkanes) is 1. The third-order valence-electron chi connectivity index (χ3n) is 3.38. The van der Waals surface area contributed by atoms with Crippen molar-refractivity contribution in [2.45, 2.75) is 33.1 Å². The minimum absolute atomic E-state index is 0.0415. The number of amides is 1. The normalized spacial score (nSPS) is 11.1. The fraction of sp³-hybridized carbons (Fsp3) is 0.312. The van der Waals surface area contributed by atoms with Crippen molar-refractivity contribution in [2.75, 3.05) is 5.32 Å². The Morgan fingerprint density at radius 2 is 2.22 bits per heavy atom. The second-order valence-electron chi connectivity index (χ2n) is 5.34. The average molecular weight is 332 g/mol. The highest BCUT2D eigenvalue weighted by Crippen LogP contribution is 2.27. The van der Waals surface area contributed by atoms with Crippen molar-refractivity contribution in [1.82, 2.24) is 14.8 Å². The smallest absolute Gasteiger partial charge is 0.225 e. The number of carbonyl (C=O) groups is 1. The maximum atomic E-state index is 13.3. The van der Waals surface area contributed by atoms with E-state index in [0.29, 0.717) is 22.9 Å². The van der Waals surface area contributed by atoms with Gasteiger partial charge in [0, 0.05) is 12.5 Å². The van der Waals surface area contributed by atoms with Crippen molar-refractivity contribution < 1.29 is 9.18 Å². The van der Waals surface area contributed by atoms with Crippen LogP contribution in [-0.4, -0.2) is 20.7 Å². The Morgan fingerprint density at radius 1 is 1.39 bits per heavy atom. The average Bonchev–Trinajstić information content (AvgIpc) is 3.07. The van der Waals surface area contributed by atoms with Crippen LogP contribution in [0.1, 0.15) is 31.9 Å². The lowest BCUT2D eigenvalue weighted by atomic mass is 10.2. The summed E-state index contributed by atoms with van der Waals surface area (Å²) in [5, 5.41) is 7.86. The number of aryl methyl sites for hydroxylation is 1. The van der Waals surface area contributed by atoms with Gasteiger partial charge in [-0.15, -0.1) is 0 Å². The summed E-state index contributed by atoms with van der Waals surface area (Å²) >= 11 is 1.34. The number of aromatic nitrogens is 3. The van der Waals surface area contributed by atoms with Crippen LogP contribution in [0.2, 0.25) is 0 Å². The molecule has 0 saturated heterocycles. The second kappa shape index (κ2) is 6.45. The molecule has 0 aliphatic rings. The number of fused-ring (bicyclic) bond motifs is 1. The zero-order valence-corrected chi connectivity index (χ0v) is 13.8. The molecule has 1 amide bonds. The Labute approximate surface area is 137 Å². The second-order valence-corrected chi connectivity index (χ2v) is 6.35. The molecule has 0 fully saturated rings. The molecular formula is C16H17FN4OS. The zero-order valence-electron chi connectivity index (χ0n) is 13.0. The zero-order chi connectivity index (χ0) is 16.4. The molecule has 1 aromatic carbocycles. The van der Waals surface area contributed by atoms with Gasteiger partial charge in [-0.05, 0) is 31.5 Å². The monoisotopic (exact) mass is 332 g/mol. The van der Waals surface area contributed by atoms with Crippen LogP contribution in [0, 0.1) is 12.7 Å². The molecule has 0 bridgehead atoms. The van der Waals surface area contributed by atoms with Crippen LogP contribution >= 0.6 is 11.3 Å². The molecule has 120 valence electrons. The number of nitrogens with one attached hydrogen (secondary N) is 1. The first-order chi connectivity index (χ1) is 11.1. The number of nitrogens with zero attached hydrogens (tertiary/aromatic N) is 3. The standard InChI is InChI=1S/C16H17FN4OS/c1-3-4-5-15(22)19-14-8-10(2)20-21(14)16-18-12-7-6-11(17)9-13(12)23-16/h6-9H,3-5H2,1-2H3,(H,19,22). The topological polar surface area (TPSA) is 59.8 Å². The van der Waals surface area contributed by atoms with Gasteiger partial charge in [0.1, 0.15) is 11.6 Å². The van der Waals surface area contributed by atoms with Crippen LogP contribution in [-0.2, 0) is 4.79 Å².